The standard InChI is InChI=1S/C40H52N10O5S/c1-25-26(2)46-47-36(25)45-37-28-21-34(56-40(3,4)5)33(22-31(28)42-24-43-37)55-20-18-49-16-14-48(15-17-49)13-12-35(52)44-30-10-7-9-27-29(30)23-50(39(27)54)32(11-8-19-51)38(53)41-6/h7,9-10,19,21-22,24,32H,8,11-18,20,23H2,1-6H3,(H,41,53)(H,44,52)(H2,42,43,45,46,47). The number of aryl methyl sites for hydroxylation is 1. The van der Waals surface area contributed by atoms with Crippen LogP contribution in [0, 0.1) is 13.8 Å². The zero-order valence-corrected chi connectivity index (χ0v) is 33.8. The number of anilines is 3. The second-order valence-corrected chi connectivity index (χ2v) is 17.0. The Labute approximate surface area is 331 Å². The van der Waals surface area contributed by atoms with Crippen LogP contribution in [0.1, 0.15) is 67.2 Å². The molecule has 16 heteroatoms. The van der Waals surface area contributed by atoms with E-state index >= 15 is 0 Å². The third kappa shape index (κ3) is 9.65. The summed E-state index contributed by atoms with van der Waals surface area (Å²) in [5.41, 5.74) is 4.53. The molecule has 1 unspecified atom stereocenters. The second-order valence-electron chi connectivity index (χ2n) is 15.2. The maximum absolute atomic E-state index is 13.3. The van der Waals surface area contributed by atoms with E-state index in [-0.39, 0.29) is 41.9 Å². The molecule has 2 aromatic heterocycles. The largest absolute Gasteiger partial charge is 0.491 e. The van der Waals surface area contributed by atoms with Crippen molar-refractivity contribution >= 4 is 64.0 Å². The Balaban J connectivity index is 0.995. The van der Waals surface area contributed by atoms with Crippen LogP contribution in [0.3, 0.4) is 0 Å². The maximum atomic E-state index is 13.3. The minimum atomic E-state index is -0.767. The van der Waals surface area contributed by atoms with Gasteiger partial charge in [0.1, 0.15) is 36.8 Å². The number of nitrogens with zero attached hydrogens (tertiary/aromatic N) is 6. The van der Waals surface area contributed by atoms with Crippen LogP contribution in [-0.4, -0.2) is 123 Å². The molecule has 1 atom stereocenters. The molecule has 298 valence electrons. The highest BCUT2D eigenvalue weighted by Gasteiger charge is 2.37. The summed E-state index contributed by atoms with van der Waals surface area (Å²) in [5, 5.41) is 17.3. The van der Waals surface area contributed by atoms with Gasteiger partial charge in [-0.2, -0.15) is 5.10 Å². The second kappa shape index (κ2) is 17.8. The third-order valence-electron chi connectivity index (χ3n) is 10.1. The van der Waals surface area contributed by atoms with E-state index in [1.165, 1.54) is 11.9 Å². The number of aromatic nitrogens is 4. The van der Waals surface area contributed by atoms with E-state index in [9.17, 15) is 19.2 Å². The third-order valence-corrected chi connectivity index (χ3v) is 11.3. The molecule has 2 aliphatic heterocycles. The monoisotopic (exact) mass is 784 g/mol. The molecule has 0 radical (unpaired) electrons. The van der Waals surface area contributed by atoms with Gasteiger partial charge in [-0.3, -0.25) is 24.4 Å². The molecule has 3 amide bonds. The van der Waals surface area contributed by atoms with Crippen LogP contribution >= 0.6 is 11.8 Å². The quantitative estimate of drug-likeness (QED) is 0.0913. The first-order valence-corrected chi connectivity index (χ1v) is 19.9. The van der Waals surface area contributed by atoms with Gasteiger partial charge in [0.2, 0.25) is 11.8 Å². The van der Waals surface area contributed by atoms with Gasteiger partial charge >= 0.3 is 0 Å². The molecule has 0 aliphatic carbocycles. The Morgan fingerprint density at radius 3 is 2.48 bits per heavy atom. The van der Waals surface area contributed by atoms with E-state index in [0.29, 0.717) is 42.2 Å². The highest BCUT2D eigenvalue weighted by Crippen LogP contribution is 2.41. The fourth-order valence-corrected chi connectivity index (χ4v) is 8.00. The summed E-state index contributed by atoms with van der Waals surface area (Å²) >= 11 is 1.74. The number of benzene rings is 2. The average molecular weight is 785 g/mol. The van der Waals surface area contributed by atoms with E-state index in [0.717, 1.165) is 77.6 Å². The van der Waals surface area contributed by atoms with Gasteiger partial charge in [-0.25, -0.2) is 9.97 Å². The molecular formula is C40H52N10O5S. The van der Waals surface area contributed by atoms with Gasteiger partial charge in [0, 0.05) is 110 Å². The van der Waals surface area contributed by atoms with Crippen molar-refractivity contribution in [1.82, 2.24) is 40.2 Å². The number of aldehydes is 1. The minimum absolute atomic E-state index is 0.0465. The molecule has 6 rings (SSSR count). The molecule has 1 saturated heterocycles. The Kier molecular flexibility index (Phi) is 12.9. The SMILES string of the molecule is CNC(=O)C(CCC=O)N1Cc2c(NC(=O)CCN3CCN(CCOc4cc5ncnc(Nc6n[nH]c(C)c6C)c5cc4SC(C)(C)C)CC3)cccc2C1=O. The van der Waals surface area contributed by atoms with Crippen molar-refractivity contribution in [2.75, 3.05) is 63.6 Å². The van der Waals surface area contributed by atoms with Crippen LogP contribution in [0.15, 0.2) is 41.6 Å². The van der Waals surface area contributed by atoms with Crippen molar-refractivity contribution < 1.29 is 23.9 Å². The van der Waals surface area contributed by atoms with Crippen molar-refractivity contribution in [1.29, 1.82) is 0 Å². The molecule has 4 heterocycles. The number of aromatic amines is 1. The molecule has 0 spiro atoms. The summed E-state index contributed by atoms with van der Waals surface area (Å²) in [7, 11) is 1.51. The number of likely N-dealkylation sites (N-methyl/N-ethyl adjacent to an activating group) is 1. The van der Waals surface area contributed by atoms with E-state index in [1.54, 1.807) is 36.3 Å². The lowest BCUT2D eigenvalue weighted by Crippen LogP contribution is -2.48. The highest BCUT2D eigenvalue weighted by molar-refractivity contribution is 8.00. The number of hydrogen-bond acceptors (Lipinski definition) is 12. The normalized spacial score (nSPS) is 15.5. The van der Waals surface area contributed by atoms with E-state index in [2.05, 4.69) is 72.8 Å². The molecule has 1 fully saturated rings. The number of ether oxygens (including phenoxy) is 1. The zero-order chi connectivity index (χ0) is 40.0. The Hall–Kier alpha value is -5.06. The van der Waals surface area contributed by atoms with Gasteiger partial charge in [0.25, 0.3) is 5.91 Å². The molecule has 15 nitrogen and oxygen atoms in total. The molecule has 4 aromatic rings. The number of fused-ring (bicyclic) bond motifs is 2. The van der Waals surface area contributed by atoms with Crippen molar-refractivity contribution in [3.63, 3.8) is 0 Å². The predicted octanol–water partition coefficient (Wildman–Crippen LogP) is 4.68. The number of carbonyl (C=O) groups excluding carboxylic acids is 4. The molecule has 0 saturated carbocycles. The van der Waals surface area contributed by atoms with Gasteiger partial charge in [-0.15, -0.1) is 11.8 Å². The first-order chi connectivity index (χ1) is 26.8. The van der Waals surface area contributed by atoms with Crippen molar-refractivity contribution in [3.8, 4) is 5.75 Å². The average Bonchev–Trinajstić information content (AvgIpc) is 3.68. The number of piperazine rings is 1. The smallest absolute Gasteiger partial charge is 0.255 e. The molecule has 4 N–H and O–H groups in total. The maximum Gasteiger partial charge on any atom is 0.255 e. The highest BCUT2D eigenvalue weighted by atomic mass is 32.2. The molecular weight excluding hydrogens is 733 g/mol. The van der Waals surface area contributed by atoms with Crippen LogP contribution in [0.2, 0.25) is 0 Å². The van der Waals surface area contributed by atoms with Gasteiger partial charge < -0.3 is 35.3 Å². The summed E-state index contributed by atoms with van der Waals surface area (Å²) in [5.74, 6) is 1.48. The Morgan fingerprint density at radius 2 is 1.80 bits per heavy atom. The van der Waals surface area contributed by atoms with E-state index in [4.69, 9.17) is 4.74 Å². The lowest BCUT2D eigenvalue weighted by atomic mass is 10.1. The van der Waals surface area contributed by atoms with Gasteiger partial charge in [-0.1, -0.05) is 26.8 Å². The Morgan fingerprint density at radius 1 is 1.05 bits per heavy atom. The van der Waals surface area contributed by atoms with Crippen molar-refractivity contribution in [2.45, 2.75) is 76.1 Å². The molecule has 2 aromatic carbocycles. The van der Waals surface area contributed by atoms with E-state index < -0.39 is 6.04 Å². The fraction of sp³-hybridized carbons (Fsp3) is 0.475. The molecule has 2 aliphatic rings. The number of H-pyrrole nitrogens is 1. The topological polar surface area (TPSA) is 178 Å². The zero-order valence-electron chi connectivity index (χ0n) is 33.0. The van der Waals surface area contributed by atoms with Crippen molar-refractivity contribution in [2.24, 2.45) is 0 Å². The van der Waals surface area contributed by atoms with Crippen molar-refractivity contribution in [3.05, 3.63) is 59.0 Å². The number of rotatable bonds is 16. The number of thioether (sulfide) groups is 1. The lowest BCUT2D eigenvalue weighted by Gasteiger charge is -2.34. The summed E-state index contributed by atoms with van der Waals surface area (Å²) < 4.78 is 6.40. The first-order valence-electron chi connectivity index (χ1n) is 19.1. The summed E-state index contributed by atoms with van der Waals surface area (Å²) in [4.78, 5) is 66.2. The van der Waals surface area contributed by atoms with Gasteiger partial charge in [-0.05, 0) is 38.5 Å². The number of nitrogens with one attached hydrogen (secondary N) is 4. The molecule has 56 heavy (non-hydrogen) atoms. The molecule has 0 bridgehead atoms. The van der Waals surface area contributed by atoms with Crippen LogP contribution in [-0.2, 0) is 20.9 Å². The van der Waals surface area contributed by atoms with E-state index in [1.807, 2.05) is 19.9 Å². The van der Waals surface area contributed by atoms with Crippen LogP contribution < -0.4 is 20.7 Å². The van der Waals surface area contributed by atoms with Crippen LogP contribution in [0.25, 0.3) is 10.9 Å². The summed E-state index contributed by atoms with van der Waals surface area (Å²) in [6.45, 7) is 16.0. The van der Waals surface area contributed by atoms with Crippen LogP contribution in [0.5, 0.6) is 5.75 Å². The number of carbonyl (C=O) groups is 4. The Bertz CT molecular complexity index is 2070. The van der Waals surface area contributed by atoms with Gasteiger partial charge in [0.05, 0.1) is 10.4 Å². The summed E-state index contributed by atoms with van der Waals surface area (Å²) in [6.07, 6.45) is 3.00. The van der Waals surface area contributed by atoms with Crippen LogP contribution in [0.4, 0.5) is 17.3 Å². The first kappa shape index (κ1) is 40.6. The number of hydrogen-bond donors (Lipinski definition) is 4. The fourth-order valence-electron chi connectivity index (χ4n) is 6.94. The van der Waals surface area contributed by atoms with Gasteiger partial charge in [0.15, 0.2) is 5.82 Å². The lowest BCUT2D eigenvalue weighted by molar-refractivity contribution is -0.125. The predicted molar refractivity (Wildman–Crippen MR) is 218 cm³/mol. The number of amides is 3. The summed E-state index contributed by atoms with van der Waals surface area (Å²) in [6, 6.07) is 8.55. The minimum Gasteiger partial charge on any atom is -0.491 e.